The minimum absolute atomic E-state index is 0.441. The molecule has 0 bridgehead atoms. The summed E-state index contributed by atoms with van der Waals surface area (Å²) >= 11 is 0. The van der Waals surface area contributed by atoms with Gasteiger partial charge in [0.05, 0.1) is 6.61 Å². The van der Waals surface area contributed by atoms with E-state index in [1.807, 2.05) is 30.3 Å². The van der Waals surface area contributed by atoms with Crippen molar-refractivity contribution in [3.63, 3.8) is 0 Å². The first kappa shape index (κ1) is 9.68. The molecule has 1 aromatic rings. The van der Waals surface area contributed by atoms with Crippen molar-refractivity contribution in [1.29, 1.82) is 0 Å². The average molecular weight is 176 g/mol. The highest BCUT2D eigenvalue weighted by Gasteiger charge is 2.00. The number of ether oxygens (including phenoxy) is 1. The molecule has 0 amide bonds. The van der Waals surface area contributed by atoms with Gasteiger partial charge in [0, 0.05) is 0 Å². The molecular formula is C11H12O2. The predicted molar refractivity (Wildman–Crippen MR) is 51.3 cm³/mol. The molecule has 1 aromatic carbocycles. The summed E-state index contributed by atoms with van der Waals surface area (Å²) in [5.74, 6) is 0. The van der Waals surface area contributed by atoms with E-state index in [4.69, 9.17) is 4.74 Å². The second kappa shape index (κ2) is 5.27. The summed E-state index contributed by atoms with van der Waals surface area (Å²) in [5, 5.41) is 0. The van der Waals surface area contributed by atoms with E-state index in [1.165, 1.54) is 6.08 Å². The fourth-order valence-electron chi connectivity index (χ4n) is 0.930. The Hall–Kier alpha value is -1.41. The lowest BCUT2D eigenvalue weighted by molar-refractivity contribution is -0.116. The molecule has 1 unspecified atom stereocenters. The lowest BCUT2D eigenvalue weighted by Crippen LogP contribution is -2.10. The number of rotatable bonds is 5. The summed E-state index contributed by atoms with van der Waals surface area (Å²) in [6.45, 7) is 3.93. The first-order valence-electron chi connectivity index (χ1n) is 4.10. The highest BCUT2D eigenvalue weighted by atomic mass is 16.5. The second-order valence-electron chi connectivity index (χ2n) is 2.63. The van der Waals surface area contributed by atoms with Crippen LogP contribution in [0, 0.1) is 0 Å². The molecule has 1 rings (SSSR count). The summed E-state index contributed by atoms with van der Waals surface area (Å²) in [7, 11) is 0. The van der Waals surface area contributed by atoms with E-state index < -0.39 is 6.10 Å². The zero-order chi connectivity index (χ0) is 9.52. The van der Waals surface area contributed by atoms with E-state index in [9.17, 15) is 4.79 Å². The molecule has 0 saturated heterocycles. The molecular weight excluding hydrogens is 164 g/mol. The van der Waals surface area contributed by atoms with Gasteiger partial charge in [0.2, 0.25) is 0 Å². The van der Waals surface area contributed by atoms with Gasteiger partial charge in [0.25, 0.3) is 0 Å². The van der Waals surface area contributed by atoms with Gasteiger partial charge >= 0.3 is 0 Å². The van der Waals surface area contributed by atoms with Crippen LogP contribution in [0.3, 0.4) is 0 Å². The summed E-state index contributed by atoms with van der Waals surface area (Å²) in [5.41, 5.74) is 1.05. The van der Waals surface area contributed by atoms with Crippen LogP contribution in [-0.2, 0) is 16.1 Å². The third kappa shape index (κ3) is 3.22. The fourth-order valence-corrected chi connectivity index (χ4v) is 0.930. The number of benzene rings is 1. The molecule has 0 aromatic heterocycles. The van der Waals surface area contributed by atoms with Crippen molar-refractivity contribution >= 4 is 6.29 Å². The van der Waals surface area contributed by atoms with Crippen LogP contribution in [0.4, 0.5) is 0 Å². The van der Waals surface area contributed by atoms with Gasteiger partial charge in [0.1, 0.15) is 6.10 Å². The van der Waals surface area contributed by atoms with E-state index in [2.05, 4.69) is 6.58 Å². The maximum absolute atomic E-state index is 10.4. The maximum Gasteiger partial charge on any atom is 0.152 e. The van der Waals surface area contributed by atoms with E-state index in [0.29, 0.717) is 6.61 Å². The van der Waals surface area contributed by atoms with Crippen molar-refractivity contribution < 1.29 is 9.53 Å². The number of hydrogen-bond donors (Lipinski definition) is 0. The van der Waals surface area contributed by atoms with Crippen molar-refractivity contribution in [2.45, 2.75) is 12.7 Å². The van der Waals surface area contributed by atoms with Gasteiger partial charge in [0.15, 0.2) is 6.29 Å². The Morgan fingerprint density at radius 3 is 2.62 bits per heavy atom. The van der Waals surface area contributed by atoms with Crippen LogP contribution in [0.1, 0.15) is 5.56 Å². The third-order valence-corrected chi connectivity index (χ3v) is 1.65. The van der Waals surface area contributed by atoms with Crippen molar-refractivity contribution in [2.75, 3.05) is 0 Å². The Morgan fingerprint density at radius 2 is 2.08 bits per heavy atom. The zero-order valence-corrected chi connectivity index (χ0v) is 7.35. The molecule has 0 heterocycles. The van der Waals surface area contributed by atoms with Crippen molar-refractivity contribution in [3.8, 4) is 0 Å². The minimum Gasteiger partial charge on any atom is -0.362 e. The Balaban J connectivity index is 2.42. The summed E-state index contributed by atoms with van der Waals surface area (Å²) in [4.78, 5) is 10.4. The van der Waals surface area contributed by atoms with Crippen LogP contribution in [0.5, 0.6) is 0 Å². The molecule has 0 fully saturated rings. The Labute approximate surface area is 77.8 Å². The van der Waals surface area contributed by atoms with E-state index >= 15 is 0 Å². The molecule has 0 aliphatic carbocycles. The molecule has 2 nitrogen and oxygen atoms in total. The van der Waals surface area contributed by atoms with Crippen LogP contribution in [-0.4, -0.2) is 12.4 Å². The van der Waals surface area contributed by atoms with Crippen molar-refractivity contribution in [2.24, 2.45) is 0 Å². The number of aldehydes is 1. The maximum atomic E-state index is 10.4. The first-order chi connectivity index (χ1) is 6.36. The predicted octanol–water partition coefficient (Wildman–Crippen LogP) is 1.96. The molecule has 13 heavy (non-hydrogen) atoms. The lowest BCUT2D eigenvalue weighted by Gasteiger charge is -2.06. The van der Waals surface area contributed by atoms with Crippen molar-refractivity contribution in [1.82, 2.24) is 0 Å². The zero-order valence-electron chi connectivity index (χ0n) is 7.35. The van der Waals surface area contributed by atoms with E-state index in [-0.39, 0.29) is 0 Å². The normalized spacial score (nSPS) is 12.0. The molecule has 0 saturated carbocycles. The molecule has 1 atom stereocenters. The molecule has 0 aliphatic heterocycles. The Morgan fingerprint density at radius 1 is 1.38 bits per heavy atom. The summed E-state index contributed by atoms with van der Waals surface area (Å²) in [6.07, 6.45) is 1.71. The quantitative estimate of drug-likeness (QED) is 0.506. The minimum atomic E-state index is -0.500. The third-order valence-electron chi connectivity index (χ3n) is 1.65. The number of carbonyl (C=O) groups excluding carboxylic acids is 1. The standard InChI is InChI=1S/C11H12O2/c1-2-11(8-12)13-9-10-6-4-3-5-7-10/h2-8,11H,1,9H2. The first-order valence-corrected chi connectivity index (χ1v) is 4.10. The SMILES string of the molecule is C=CC(C=O)OCc1ccccc1. The van der Waals surface area contributed by atoms with Crippen molar-refractivity contribution in [3.05, 3.63) is 48.6 Å². The molecule has 0 aliphatic rings. The highest BCUT2D eigenvalue weighted by molar-refractivity contribution is 5.58. The van der Waals surface area contributed by atoms with Crippen LogP contribution in [0.25, 0.3) is 0 Å². The lowest BCUT2D eigenvalue weighted by atomic mass is 10.2. The van der Waals surface area contributed by atoms with E-state index in [1.54, 1.807) is 0 Å². The monoisotopic (exact) mass is 176 g/mol. The van der Waals surface area contributed by atoms with Crippen LogP contribution >= 0.6 is 0 Å². The van der Waals surface area contributed by atoms with Crippen LogP contribution in [0.15, 0.2) is 43.0 Å². The van der Waals surface area contributed by atoms with Gasteiger partial charge in [-0.25, -0.2) is 0 Å². The van der Waals surface area contributed by atoms with Gasteiger partial charge in [-0.2, -0.15) is 0 Å². The topological polar surface area (TPSA) is 26.3 Å². The molecule has 2 heteroatoms. The van der Waals surface area contributed by atoms with Crippen LogP contribution < -0.4 is 0 Å². The molecule has 0 N–H and O–H groups in total. The highest BCUT2D eigenvalue weighted by Crippen LogP contribution is 2.02. The second-order valence-corrected chi connectivity index (χ2v) is 2.63. The number of carbonyl (C=O) groups is 1. The van der Waals surface area contributed by atoms with Gasteiger partial charge in [-0.1, -0.05) is 36.4 Å². The summed E-state index contributed by atoms with van der Waals surface area (Å²) in [6, 6.07) is 9.70. The Bertz CT molecular complexity index is 259. The molecule has 0 spiro atoms. The molecule has 0 radical (unpaired) electrons. The van der Waals surface area contributed by atoms with Gasteiger partial charge in [-0.15, -0.1) is 6.58 Å². The number of hydrogen-bond acceptors (Lipinski definition) is 2. The average Bonchev–Trinajstić information content (AvgIpc) is 2.21. The van der Waals surface area contributed by atoms with Gasteiger partial charge < -0.3 is 9.53 Å². The summed E-state index contributed by atoms with van der Waals surface area (Å²) < 4.78 is 5.24. The largest absolute Gasteiger partial charge is 0.362 e. The fraction of sp³-hybridized carbons (Fsp3) is 0.182. The Kier molecular flexibility index (Phi) is 3.93. The van der Waals surface area contributed by atoms with Gasteiger partial charge in [-0.05, 0) is 5.56 Å². The van der Waals surface area contributed by atoms with E-state index in [0.717, 1.165) is 11.8 Å². The van der Waals surface area contributed by atoms with Crippen LogP contribution in [0.2, 0.25) is 0 Å². The molecule has 68 valence electrons. The van der Waals surface area contributed by atoms with Gasteiger partial charge in [-0.3, -0.25) is 0 Å². The smallest absolute Gasteiger partial charge is 0.152 e.